The van der Waals surface area contributed by atoms with E-state index in [9.17, 15) is 4.79 Å². The Morgan fingerprint density at radius 2 is 1.88 bits per heavy atom. The fourth-order valence-electron chi connectivity index (χ4n) is 2.59. The van der Waals surface area contributed by atoms with Crippen molar-refractivity contribution >= 4 is 5.97 Å². The maximum atomic E-state index is 11.4. The molecule has 0 aromatic carbocycles. The van der Waals surface area contributed by atoms with Crippen LogP contribution in [0.2, 0.25) is 0 Å². The molecule has 1 aliphatic carbocycles. The number of carbonyl (C=O) groups excluding carboxylic acids is 1. The van der Waals surface area contributed by atoms with Crippen LogP contribution in [0.5, 0.6) is 0 Å². The van der Waals surface area contributed by atoms with Crippen LogP contribution in [-0.4, -0.2) is 12.1 Å². The van der Waals surface area contributed by atoms with Crippen molar-refractivity contribution in [1.82, 2.24) is 0 Å². The molecule has 1 rings (SSSR count). The summed E-state index contributed by atoms with van der Waals surface area (Å²) in [5, 5.41) is 0. The summed E-state index contributed by atoms with van der Waals surface area (Å²) < 4.78 is 5.55. The summed E-state index contributed by atoms with van der Waals surface area (Å²) in [4.78, 5) is 11.4. The Kier molecular flexibility index (Phi) is 4.57. The fourth-order valence-corrected chi connectivity index (χ4v) is 2.59. The van der Waals surface area contributed by atoms with E-state index in [0.717, 1.165) is 0 Å². The highest BCUT2D eigenvalue weighted by Crippen LogP contribution is 2.36. The van der Waals surface area contributed by atoms with Gasteiger partial charge in [-0.05, 0) is 24.2 Å². The third-order valence-corrected chi connectivity index (χ3v) is 3.34. The number of hydrogen-bond donors (Lipinski definition) is 0. The lowest BCUT2D eigenvalue weighted by Crippen LogP contribution is -2.38. The van der Waals surface area contributed by atoms with Gasteiger partial charge >= 0.3 is 5.97 Å². The maximum Gasteiger partial charge on any atom is 0.330 e. The zero-order valence-corrected chi connectivity index (χ0v) is 10.8. The second kappa shape index (κ2) is 5.51. The molecule has 0 amide bonds. The predicted octanol–water partition coefficient (Wildman–Crippen LogP) is 3.71. The first-order valence-corrected chi connectivity index (χ1v) is 6.28. The molecule has 0 saturated heterocycles. The lowest BCUT2D eigenvalue weighted by Gasteiger charge is -2.38. The van der Waals surface area contributed by atoms with Gasteiger partial charge in [-0.25, -0.2) is 4.79 Å². The molecule has 0 aromatic heterocycles. The van der Waals surface area contributed by atoms with Gasteiger partial charge in [-0.15, -0.1) is 0 Å². The lowest BCUT2D eigenvalue weighted by molar-refractivity contribution is -0.154. The minimum Gasteiger partial charge on any atom is -0.458 e. The first-order valence-electron chi connectivity index (χ1n) is 6.28. The third-order valence-electron chi connectivity index (χ3n) is 3.34. The van der Waals surface area contributed by atoms with E-state index in [4.69, 9.17) is 4.74 Å². The van der Waals surface area contributed by atoms with Crippen molar-refractivity contribution in [2.75, 3.05) is 0 Å². The van der Waals surface area contributed by atoms with Crippen molar-refractivity contribution in [2.24, 2.45) is 11.3 Å². The Bertz CT molecular complexity index is 244. The molecule has 1 fully saturated rings. The summed E-state index contributed by atoms with van der Waals surface area (Å²) in [6.07, 6.45) is 7.52. The smallest absolute Gasteiger partial charge is 0.330 e. The normalized spacial score (nSPS) is 20.2. The molecule has 0 aliphatic heterocycles. The summed E-state index contributed by atoms with van der Waals surface area (Å²) >= 11 is 0. The number of ether oxygens (including phenoxy) is 1. The summed E-state index contributed by atoms with van der Waals surface area (Å²) in [6, 6.07) is 0. The van der Waals surface area contributed by atoms with Gasteiger partial charge in [-0.3, -0.25) is 0 Å². The second-order valence-corrected chi connectivity index (χ2v) is 5.83. The molecule has 0 spiro atoms. The molecule has 1 aliphatic rings. The highest BCUT2D eigenvalue weighted by atomic mass is 16.5. The Balaban J connectivity index is 2.69. The van der Waals surface area contributed by atoms with Gasteiger partial charge < -0.3 is 4.74 Å². The highest BCUT2D eigenvalue weighted by molar-refractivity contribution is 5.81. The molecule has 1 saturated carbocycles. The van der Waals surface area contributed by atoms with Crippen molar-refractivity contribution in [3.8, 4) is 0 Å². The molecule has 1 atom stereocenters. The number of rotatable bonds is 3. The lowest BCUT2D eigenvalue weighted by atomic mass is 9.75. The molecule has 0 bridgehead atoms. The molecule has 1 unspecified atom stereocenters. The van der Waals surface area contributed by atoms with Gasteiger partial charge in [0.15, 0.2) is 0 Å². The first kappa shape index (κ1) is 13.3. The van der Waals surface area contributed by atoms with Crippen LogP contribution in [0.25, 0.3) is 0 Å². The molecule has 0 N–H and O–H groups in total. The zero-order valence-electron chi connectivity index (χ0n) is 10.8. The van der Waals surface area contributed by atoms with E-state index >= 15 is 0 Å². The Labute approximate surface area is 99.1 Å². The van der Waals surface area contributed by atoms with E-state index in [1.54, 1.807) is 0 Å². The van der Waals surface area contributed by atoms with Crippen molar-refractivity contribution in [3.05, 3.63) is 12.7 Å². The number of carbonyl (C=O) groups is 1. The summed E-state index contributed by atoms with van der Waals surface area (Å²) in [5.74, 6) is 0.239. The van der Waals surface area contributed by atoms with Crippen LogP contribution in [-0.2, 0) is 9.53 Å². The predicted molar refractivity (Wildman–Crippen MR) is 66.1 cm³/mol. The van der Waals surface area contributed by atoms with Crippen molar-refractivity contribution in [1.29, 1.82) is 0 Å². The van der Waals surface area contributed by atoms with Gasteiger partial charge in [0.05, 0.1) is 0 Å². The van der Waals surface area contributed by atoms with E-state index in [2.05, 4.69) is 27.4 Å². The van der Waals surface area contributed by atoms with Crippen molar-refractivity contribution in [2.45, 2.75) is 59.0 Å². The Morgan fingerprint density at radius 3 is 2.31 bits per heavy atom. The number of esters is 1. The average Bonchev–Trinajstić information content (AvgIpc) is 2.25. The van der Waals surface area contributed by atoms with Gasteiger partial charge in [-0.2, -0.15) is 0 Å². The standard InChI is InChI=1S/C14H24O2/c1-5-12(15)16-13(14(2,3)4)11-9-7-6-8-10-11/h5,11,13H,1,6-10H2,2-4H3. The van der Waals surface area contributed by atoms with Crippen molar-refractivity contribution < 1.29 is 9.53 Å². The van der Waals surface area contributed by atoms with Crippen molar-refractivity contribution in [3.63, 3.8) is 0 Å². The molecule has 0 aromatic rings. The van der Waals surface area contributed by atoms with Gasteiger partial charge in [0.25, 0.3) is 0 Å². The minimum atomic E-state index is -0.287. The average molecular weight is 224 g/mol. The van der Waals surface area contributed by atoms with Crippen LogP contribution in [0.15, 0.2) is 12.7 Å². The monoisotopic (exact) mass is 224 g/mol. The van der Waals surface area contributed by atoms with E-state index in [0.29, 0.717) is 5.92 Å². The van der Waals surface area contributed by atoms with Gasteiger partial charge in [0, 0.05) is 6.08 Å². The molecule has 2 nitrogen and oxygen atoms in total. The molecular weight excluding hydrogens is 200 g/mol. The SMILES string of the molecule is C=CC(=O)OC(C1CCCCC1)C(C)(C)C. The van der Waals surface area contributed by atoms with Gasteiger partial charge in [-0.1, -0.05) is 46.6 Å². The zero-order chi connectivity index (χ0) is 12.2. The van der Waals surface area contributed by atoms with Crippen LogP contribution in [0, 0.1) is 11.3 Å². The summed E-state index contributed by atoms with van der Waals surface area (Å²) in [5.41, 5.74) is 0.0146. The largest absolute Gasteiger partial charge is 0.458 e. The molecule has 2 heteroatoms. The van der Waals surface area contributed by atoms with E-state index in [-0.39, 0.29) is 17.5 Å². The van der Waals surface area contributed by atoms with Crippen LogP contribution >= 0.6 is 0 Å². The highest BCUT2D eigenvalue weighted by Gasteiger charge is 2.35. The topological polar surface area (TPSA) is 26.3 Å². The van der Waals surface area contributed by atoms with Crippen LogP contribution in [0.4, 0.5) is 0 Å². The number of hydrogen-bond acceptors (Lipinski definition) is 2. The molecule has 0 heterocycles. The minimum absolute atomic E-state index is 0.0146. The third kappa shape index (κ3) is 3.66. The maximum absolute atomic E-state index is 11.4. The summed E-state index contributed by atoms with van der Waals surface area (Å²) in [6.45, 7) is 9.89. The van der Waals surface area contributed by atoms with Crippen LogP contribution in [0.3, 0.4) is 0 Å². The molecule has 92 valence electrons. The first-order chi connectivity index (χ1) is 7.45. The second-order valence-electron chi connectivity index (χ2n) is 5.83. The Morgan fingerprint density at radius 1 is 1.31 bits per heavy atom. The Hall–Kier alpha value is -0.790. The fraction of sp³-hybridized carbons (Fsp3) is 0.786. The summed E-state index contributed by atoms with van der Waals surface area (Å²) in [7, 11) is 0. The van der Waals surface area contributed by atoms with Crippen LogP contribution < -0.4 is 0 Å². The van der Waals surface area contributed by atoms with Gasteiger partial charge in [0.1, 0.15) is 6.10 Å². The van der Waals surface area contributed by atoms with E-state index in [1.807, 2.05) is 0 Å². The molecular formula is C14H24O2. The molecule has 0 radical (unpaired) electrons. The quantitative estimate of drug-likeness (QED) is 0.539. The molecule has 16 heavy (non-hydrogen) atoms. The van der Waals surface area contributed by atoms with E-state index < -0.39 is 0 Å². The van der Waals surface area contributed by atoms with Crippen LogP contribution in [0.1, 0.15) is 52.9 Å². The van der Waals surface area contributed by atoms with E-state index in [1.165, 1.54) is 38.2 Å². The van der Waals surface area contributed by atoms with Gasteiger partial charge in [0.2, 0.25) is 0 Å².